The molecular formula is C16H17NO3S3. The molecule has 7 heteroatoms. The third kappa shape index (κ3) is 4.32. The number of aryl methyl sites for hydroxylation is 3. The van der Waals surface area contributed by atoms with E-state index in [-0.39, 0.29) is 4.90 Å². The number of aromatic nitrogens is 1. The standard InChI is InChI=1S/C9H9NS2.C7H8O3S/c1-6-10(2)9-7(11)4-3-5-8(9)12-6;1-6-2-4-7(5-3-6)11(8,9)10/h3-5H,1-2H3;2-5H,1H3,(H,8,9,10). The van der Waals surface area contributed by atoms with E-state index in [4.69, 9.17) is 0 Å². The monoisotopic (exact) mass is 367 g/mol. The average Bonchev–Trinajstić information content (AvgIpc) is 2.75. The molecule has 0 amide bonds. The maximum Gasteiger partial charge on any atom is 0.236 e. The van der Waals surface area contributed by atoms with Crippen molar-refractivity contribution in [1.29, 1.82) is 0 Å². The SMILES string of the molecule is Cc1ccc(S(=O)(=O)[O-])cc1.Cc1sc2cccc(S)c2[n+]1C. The summed E-state index contributed by atoms with van der Waals surface area (Å²) in [6.45, 7) is 3.94. The first-order valence-corrected chi connectivity index (χ1v) is 9.47. The van der Waals surface area contributed by atoms with Crippen LogP contribution in [0, 0.1) is 13.8 Å². The van der Waals surface area contributed by atoms with E-state index >= 15 is 0 Å². The van der Waals surface area contributed by atoms with Gasteiger partial charge in [-0.2, -0.15) is 4.57 Å². The van der Waals surface area contributed by atoms with Gasteiger partial charge >= 0.3 is 0 Å². The molecule has 0 radical (unpaired) electrons. The Hall–Kier alpha value is -1.41. The van der Waals surface area contributed by atoms with Crippen molar-refractivity contribution in [3.05, 3.63) is 53.0 Å². The summed E-state index contributed by atoms with van der Waals surface area (Å²) in [6, 6.07) is 12.0. The van der Waals surface area contributed by atoms with Crippen LogP contribution in [-0.4, -0.2) is 13.0 Å². The maximum absolute atomic E-state index is 10.4. The molecule has 3 aromatic rings. The first-order valence-electron chi connectivity index (χ1n) is 6.80. The molecule has 0 aliphatic carbocycles. The van der Waals surface area contributed by atoms with Crippen LogP contribution in [-0.2, 0) is 17.2 Å². The van der Waals surface area contributed by atoms with Crippen molar-refractivity contribution in [3.63, 3.8) is 0 Å². The number of hydrogen-bond acceptors (Lipinski definition) is 5. The highest BCUT2D eigenvalue weighted by Gasteiger charge is 2.14. The molecule has 0 saturated heterocycles. The summed E-state index contributed by atoms with van der Waals surface area (Å²) in [5.74, 6) is 0. The van der Waals surface area contributed by atoms with Gasteiger partial charge in [-0.1, -0.05) is 35.1 Å². The average molecular weight is 368 g/mol. The minimum Gasteiger partial charge on any atom is -0.744 e. The predicted octanol–water partition coefficient (Wildman–Crippen LogP) is 3.22. The molecule has 2 aromatic carbocycles. The van der Waals surface area contributed by atoms with Gasteiger partial charge in [-0.15, -0.1) is 12.6 Å². The quantitative estimate of drug-likeness (QED) is 0.408. The van der Waals surface area contributed by atoms with Crippen LogP contribution in [0.4, 0.5) is 0 Å². The Bertz CT molecular complexity index is 929. The Morgan fingerprint density at radius 3 is 2.22 bits per heavy atom. The van der Waals surface area contributed by atoms with Crippen molar-refractivity contribution in [3.8, 4) is 0 Å². The highest BCUT2D eigenvalue weighted by Crippen LogP contribution is 2.24. The Kier molecular flexibility index (Phi) is 5.46. The fourth-order valence-electron chi connectivity index (χ4n) is 2.02. The smallest absolute Gasteiger partial charge is 0.236 e. The van der Waals surface area contributed by atoms with Gasteiger partial charge in [0.05, 0.1) is 9.79 Å². The molecule has 0 bridgehead atoms. The van der Waals surface area contributed by atoms with E-state index in [0.29, 0.717) is 0 Å². The molecule has 4 nitrogen and oxygen atoms in total. The summed E-state index contributed by atoms with van der Waals surface area (Å²) in [6.07, 6.45) is 0. The first-order chi connectivity index (χ1) is 10.7. The summed E-state index contributed by atoms with van der Waals surface area (Å²) in [5, 5.41) is 1.31. The van der Waals surface area contributed by atoms with E-state index < -0.39 is 10.1 Å². The zero-order valence-corrected chi connectivity index (χ0v) is 15.5. The predicted molar refractivity (Wildman–Crippen MR) is 94.1 cm³/mol. The van der Waals surface area contributed by atoms with Gasteiger partial charge in [-0.05, 0) is 31.2 Å². The van der Waals surface area contributed by atoms with Gasteiger partial charge in [0.25, 0.3) is 0 Å². The normalized spacial score (nSPS) is 11.2. The molecule has 0 spiro atoms. The molecule has 23 heavy (non-hydrogen) atoms. The molecule has 0 N–H and O–H groups in total. The molecule has 0 unspecified atom stereocenters. The summed E-state index contributed by atoms with van der Waals surface area (Å²) < 4.78 is 34.7. The molecule has 0 aliphatic heterocycles. The second kappa shape index (κ2) is 7.00. The summed E-state index contributed by atoms with van der Waals surface area (Å²) in [7, 11) is -2.19. The van der Waals surface area contributed by atoms with E-state index in [1.54, 1.807) is 23.5 Å². The van der Waals surface area contributed by atoms with Crippen LogP contribution in [0.5, 0.6) is 0 Å². The number of nitrogens with zero attached hydrogens (tertiary/aromatic N) is 1. The number of hydrogen-bond donors (Lipinski definition) is 1. The Balaban J connectivity index is 0.000000168. The fraction of sp³-hybridized carbons (Fsp3) is 0.188. The van der Waals surface area contributed by atoms with Gasteiger partial charge in [0.15, 0.2) is 0 Å². The Morgan fingerprint density at radius 2 is 1.70 bits per heavy atom. The molecule has 122 valence electrons. The van der Waals surface area contributed by atoms with Gasteiger partial charge < -0.3 is 4.55 Å². The second-order valence-electron chi connectivity index (χ2n) is 5.07. The Morgan fingerprint density at radius 1 is 1.09 bits per heavy atom. The van der Waals surface area contributed by atoms with Crippen LogP contribution in [0.2, 0.25) is 0 Å². The number of fused-ring (bicyclic) bond motifs is 1. The Labute approximate surface area is 145 Å². The topological polar surface area (TPSA) is 61.1 Å². The summed E-state index contributed by atoms with van der Waals surface area (Å²) >= 11 is 6.23. The van der Waals surface area contributed by atoms with Crippen molar-refractivity contribution in [2.75, 3.05) is 0 Å². The van der Waals surface area contributed by atoms with Crippen LogP contribution in [0.15, 0.2) is 52.3 Å². The van der Waals surface area contributed by atoms with E-state index in [1.165, 1.54) is 27.4 Å². The van der Waals surface area contributed by atoms with Gasteiger partial charge in [-0.25, -0.2) is 8.42 Å². The van der Waals surface area contributed by atoms with Crippen molar-refractivity contribution in [1.82, 2.24) is 0 Å². The maximum atomic E-state index is 10.4. The lowest BCUT2D eigenvalue weighted by atomic mass is 10.2. The van der Waals surface area contributed by atoms with E-state index in [9.17, 15) is 13.0 Å². The molecule has 1 heterocycles. The minimum absolute atomic E-state index is 0.178. The van der Waals surface area contributed by atoms with Crippen LogP contribution in [0.25, 0.3) is 10.2 Å². The molecule has 0 saturated carbocycles. The largest absolute Gasteiger partial charge is 0.744 e. The number of benzene rings is 2. The summed E-state index contributed by atoms with van der Waals surface area (Å²) in [4.78, 5) is 0.877. The number of thiol groups is 1. The van der Waals surface area contributed by atoms with Crippen LogP contribution in [0.1, 0.15) is 10.6 Å². The zero-order valence-electron chi connectivity index (χ0n) is 13.0. The third-order valence-corrected chi connectivity index (χ3v) is 5.68. The third-order valence-electron chi connectivity index (χ3n) is 3.35. The zero-order chi connectivity index (χ0) is 17.2. The molecule has 1 aromatic heterocycles. The van der Waals surface area contributed by atoms with Gasteiger partial charge in [0.1, 0.15) is 21.9 Å². The second-order valence-corrected chi connectivity index (χ2v) is 8.17. The first kappa shape index (κ1) is 17.9. The van der Waals surface area contributed by atoms with E-state index in [0.717, 1.165) is 10.5 Å². The molecule has 0 aliphatic rings. The number of rotatable bonds is 1. The lowest BCUT2D eigenvalue weighted by Gasteiger charge is -2.05. The van der Waals surface area contributed by atoms with Crippen molar-refractivity contribution in [2.24, 2.45) is 7.05 Å². The minimum atomic E-state index is -4.27. The molecule has 3 rings (SSSR count). The lowest BCUT2D eigenvalue weighted by Crippen LogP contribution is -2.29. The number of thiazole rings is 1. The van der Waals surface area contributed by atoms with Gasteiger partial charge in [-0.3, -0.25) is 0 Å². The van der Waals surface area contributed by atoms with Crippen LogP contribution >= 0.6 is 24.0 Å². The lowest BCUT2D eigenvalue weighted by molar-refractivity contribution is -0.647. The molecule has 0 fully saturated rings. The van der Waals surface area contributed by atoms with Gasteiger partial charge in [0.2, 0.25) is 10.5 Å². The molecular weight excluding hydrogens is 350 g/mol. The van der Waals surface area contributed by atoms with Crippen LogP contribution < -0.4 is 4.57 Å². The van der Waals surface area contributed by atoms with Crippen LogP contribution in [0.3, 0.4) is 0 Å². The van der Waals surface area contributed by atoms with Crippen molar-refractivity contribution < 1.29 is 17.5 Å². The van der Waals surface area contributed by atoms with Gasteiger partial charge in [0, 0.05) is 6.92 Å². The van der Waals surface area contributed by atoms with Crippen molar-refractivity contribution in [2.45, 2.75) is 23.6 Å². The fourth-order valence-corrected chi connectivity index (χ4v) is 3.96. The van der Waals surface area contributed by atoms with E-state index in [2.05, 4.69) is 37.2 Å². The summed E-state index contributed by atoms with van der Waals surface area (Å²) in [5.41, 5.74) is 2.17. The molecule has 0 atom stereocenters. The van der Waals surface area contributed by atoms with Crippen molar-refractivity contribution >= 4 is 44.3 Å². The highest BCUT2D eigenvalue weighted by atomic mass is 32.2. The van der Waals surface area contributed by atoms with E-state index in [1.807, 2.05) is 19.1 Å². The number of para-hydroxylation sites is 1. The highest BCUT2D eigenvalue weighted by molar-refractivity contribution is 7.85.